The van der Waals surface area contributed by atoms with Crippen LogP contribution < -0.4 is 9.75 Å². The Morgan fingerprint density at radius 3 is 2.50 bits per heavy atom. The molecule has 1 heteroatoms. The van der Waals surface area contributed by atoms with Gasteiger partial charge in [-0.05, 0) is 35.9 Å². The number of fused-ring (bicyclic) bond motifs is 1. The van der Waals surface area contributed by atoms with Crippen LogP contribution >= 0.6 is 11.3 Å². The molecule has 0 spiro atoms. The van der Waals surface area contributed by atoms with Crippen LogP contribution in [0, 0.1) is 6.92 Å². The van der Waals surface area contributed by atoms with Crippen molar-refractivity contribution in [2.75, 3.05) is 0 Å². The highest BCUT2D eigenvalue weighted by Crippen LogP contribution is 2.00. The van der Waals surface area contributed by atoms with Gasteiger partial charge in [-0.1, -0.05) is 26.0 Å². The van der Waals surface area contributed by atoms with E-state index in [-0.39, 0.29) is 0 Å². The van der Waals surface area contributed by atoms with E-state index in [1.807, 2.05) is 25.2 Å². The first-order valence-corrected chi connectivity index (χ1v) is 5.50. The molecule has 0 saturated heterocycles. The zero-order valence-corrected chi connectivity index (χ0v) is 8.87. The summed E-state index contributed by atoms with van der Waals surface area (Å²) >= 11 is 1.87. The minimum atomic E-state index is 1.23. The average molecular weight is 180 g/mol. The Bertz CT molecular complexity index is 344. The number of thiophene rings is 1. The Kier molecular flexibility index (Phi) is 3.54. The second-order valence-corrected chi connectivity index (χ2v) is 3.59. The minimum Gasteiger partial charge on any atom is -0.144 e. The Morgan fingerprint density at radius 1 is 1.17 bits per heavy atom. The molecular formula is C11H16S. The summed E-state index contributed by atoms with van der Waals surface area (Å²) in [6.07, 6.45) is 7.14. The van der Waals surface area contributed by atoms with Crippen molar-refractivity contribution in [3.8, 4) is 0 Å². The van der Waals surface area contributed by atoms with Crippen molar-refractivity contribution in [1.29, 1.82) is 0 Å². The summed E-state index contributed by atoms with van der Waals surface area (Å²) in [5.41, 5.74) is 1.44. The molecule has 0 N–H and O–H groups in total. The predicted molar refractivity (Wildman–Crippen MR) is 57.8 cm³/mol. The van der Waals surface area contributed by atoms with Gasteiger partial charge in [-0.2, -0.15) is 0 Å². The first-order chi connectivity index (χ1) is 5.88. The third kappa shape index (κ3) is 1.78. The van der Waals surface area contributed by atoms with Crippen molar-refractivity contribution in [3.63, 3.8) is 0 Å². The maximum Gasteiger partial charge on any atom is 0.0302 e. The van der Waals surface area contributed by atoms with Crippen molar-refractivity contribution in [2.24, 2.45) is 0 Å². The number of rotatable bonds is 0. The van der Waals surface area contributed by atoms with Gasteiger partial charge in [0.1, 0.15) is 0 Å². The highest BCUT2D eigenvalue weighted by Gasteiger charge is 1.96. The fourth-order valence-electron chi connectivity index (χ4n) is 1.33. The van der Waals surface area contributed by atoms with Gasteiger partial charge >= 0.3 is 0 Å². The highest BCUT2D eigenvalue weighted by atomic mass is 32.1. The van der Waals surface area contributed by atoms with Crippen LogP contribution in [0.4, 0.5) is 0 Å². The van der Waals surface area contributed by atoms with Gasteiger partial charge in [-0.25, -0.2) is 0 Å². The maximum atomic E-state index is 2.35. The van der Waals surface area contributed by atoms with Crippen LogP contribution in [0.15, 0.2) is 5.38 Å². The molecule has 1 heterocycles. The molecule has 66 valence electrons. The maximum absolute atomic E-state index is 2.35. The molecule has 0 aromatic carbocycles. The number of aryl methyl sites for hydroxylation is 1. The molecule has 1 aliphatic rings. The summed E-state index contributed by atoms with van der Waals surface area (Å²) in [4.78, 5) is 0. The first-order valence-electron chi connectivity index (χ1n) is 4.62. The predicted octanol–water partition coefficient (Wildman–Crippen LogP) is 2.44. The molecule has 1 aromatic rings. The molecule has 12 heavy (non-hydrogen) atoms. The van der Waals surface area contributed by atoms with Crippen LogP contribution in [0.2, 0.25) is 0 Å². The Labute approximate surface area is 78.2 Å². The molecule has 0 atom stereocenters. The van der Waals surface area contributed by atoms with E-state index in [0.29, 0.717) is 0 Å². The SMILES string of the molecule is CC.Cc1csc2c1=CCCC=2. The number of hydrogen-bond donors (Lipinski definition) is 0. The molecule has 1 aromatic heterocycles. The molecule has 0 nitrogen and oxygen atoms in total. The van der Waals surface area contributed by atoms with E-state index in [1.54, 1.807) is 0 Å². The van der Waals surface area contributed by atoms with Crippen molar-refractivity contribution >= 4 is 23.5 Å². The zero-order valence-electron chi connectivity index (χ0n) is 8.05. The van der Waals surface area contributed by atoms with Crippen molar-refractivity contribution in [3.05, 3.63) is 20.7 Å². The van der Waals surface area contributed by atoms with Gasteiger partial charge < -0.3 is 0 Å². The Balaban J connectivity index is 0.000000336. The van der Waals surface area contributed by atoms with E-state index in [1.165, 1.54) is 28.2 Å². The molecule has 0 amide bonds. The lowest BCUT2D eigenvalue weighted by molar-refractivity contribution is 1.12. The summed E-state index contributed by atoms with van der Waals surface area (Å²) in [5, 5.41) is 3.72. The van der Waals surface area contributed by atoms with Crippen LogP contribution in [0.1, 0.15) is 32.3 Å². The summed E-state index contributed by atoms with van der Waals surface area (Å²) in [5.74, 6) is 0. The van der Waals surface area contributed by atoms with Gasteiger partial charge in [0.25, 0.3) is 0 Å². The second kappa shape index (κ2) is 4.46. The standard InChI is InChI=1S/C9H10S.C2H6/c1-7-6-10-9-5-3-2-4-8(7)9;1-2/h4-6H,2-3H2,1H3;1-2H3. The smallest absolute Gasteiger partial charge is 0.0302 e. The topological polar surface area (TPSA) is 0 Å². The quantitative estimate of drug-likeness (QED) is 0.575. The van der Waals surface area contributed by atoms with E-state index < -0.39 is 0 Å². The van der Waals surface area contributed by atoms with Gasteiger partial charge in [0.05, 0.1) is 0 Å². The third-order valence-electron chi connectivity index (χ3n) is 1.90. The Hall–Kier alpha value is -0.560. The molecule has 0 saturated carbocycles. The molecule has 2 rings (SSSR count). The van der Waals surface area contributed by atoms with Gasteiger partial charge in [0, 0.05) is 4.53 Å². The first kappa shape index (κ1) is 9.53. The van der Waals surface area contributed by atoms with Gasteiger partial charge in [-0.15, -0.1) is 11.3 Å². The summed E-state index contributed by atoms with van der Waals surface area (Å²) in [6, 6.07) is 0. The third-order valence-corrected chi connectivity index (χ3v) is 3.01. The molecule has 0 bridgehead atoms. The molecule has 1 aliphatic carbocycles. The summed E-state index contributed by atoms with van der Waals surface area (Å²) in [7, 11) is 0. The highest BCUT2D eigenvalue weighted by molar-refractivity contribution is 7.07. The second-order valence-electron chi connectivity index (χ2n) is 2.68. The van der Waals surface area contributed by atoms with Crippen LogP contribution in [-0.4, -0.2) is 0 Å². The largest absolute Gasteiger partial charge is 0.144 e. The van der Waals surface area contributed by atoms with E-state index >= 15 is 0 Å². The summed E-state index contributed by atoms with van der Waals surface area (Å²) < 4.78 is 1.48. The summed E-state index contributed by atoms with van der Waals surface area (Å²) in [6.45, 7) is 6.19. The van der Waals surface area contributed by atoms with E-state index in [2.05, 4.69) is 24.5 Å². The lowest BCUT2D eigenvalue weighted by Gasteiger charge is -1.93. The molecular weight excluding hydrogens is 164 g/mol. The average Bonchev–Trinajstić information content (AvgIpc) is 2.53. The fraction of sp³-hybridized carbons (Fsp3) is 0.455. The van der Waals surface area contributed by atoms with Crippen molar-refractivity contribution in [1.82, 2.24) is 0 Å². The van der Waals surface area contributed by atoms with Gasteiger partial charge in [0.15, 0.2) is 0 Å². The van der Waals surface area contributed by atoms with Crippen molar-refractivity contribution in [2.45, 2.75) is 33.6 Å². The van der Waals surface area contributed by atoms with Crippen molar-refractivity contribution < 1.29 is 0 Å². The molecule has 0 aliphatic heterocycles. The van der Waals surface area contributed by atoms with Crippen LogP contribution in [0.5, 0.6) is 0 Å². The van der Waals surface area contributed by atoms with Gasteiger partial charge in [0.2, 0.25) is 0 Å². The van der Waals surface area contributed by atoms with E-state index in [0.717, 1.165) is 0 Å². The van der Waals surface area contributed by atoms with E-state index in [9.17, 15) is 0 Å². The van der Waals surface area contributed by atoms with Crippen LogP contribution in [0.3, 0.4) is 0 Å². The van der Waals surface area contributed by atoms with Crippen LogP contribution in [-0.2, 0) is 0 Å². The van der Waals surface area contributed by atoms with E-state index in [4.69, 9.17) is 0 Å². The Morgan fingerprint density at radius 2 is 1.83 bits per heavy atom. The molecule has 0 unspecified atom stereocenters. The molecule has 0 fully saturated rings. The van der Waals surface area contributed by atoms with Gasteiger partial charge in [-0.3, -0.25) is 0 Å². The minimum absolute atomic E-state index is 1.23. The lowest BCUT2D eigenvalue weighted by Crippen LogP contribution is -2.22. The monoisotopic (exact) mass is 180 g/mol. The normalized spacial score (nSPS) is 13.2. The van der Waals surface area contributed by atoms with Crippen LogP contribution in [0.25, 0.3) is 12.2 Å². The lowest BCUT2D eigenvalue weighted by atomic mass is 10.1. The number of hydrogen-bond acceptors (Lipinski definition) is 1. The fourth-order valence-corrected chi connectivity index (χ4v) is 2.35. The zero-order chi connectivity index (χ0) is 8.97. The molecule has 0 radical (unpaired) electrons.